The molecule has 25 heavy (non-hydrogen) atoms. The van der Waals surface area contributed by atoms with Crippen LogP contribution in [0.15, 0.2) is 34.9 Å². The van der Waals surface area contributed by atoms with Gasteiger partial charge in [0.05, 0.1) is 28.9 Å². The number of aromatic nitrogens is 2. The van der Waals surface area contributed by atoms with E-state index < -0.39 is 0 Å². The molecule has 0 aliphatic rings. The summed E-state index contributed by atoms with van der Waals surface area (Å²) in [7, 11) is 1.57. The summed E-state index contributed by atoms with van der Waals surface area (Å²) < 4.78 is 23.4. The molecule has 0 unspecified atom stereocenters. The van der Waals surface area contributed by atoms with Gasteiger partial charge in [0.25, 0.3) is 11.6 Å². The van der Waals surface area contributed by atoms with Gasteiger partial charge in [0.1, 0.15) is 5.82 Å². The topological polar surface area (TPSA) is 77.2 Å². The van der Waals surface area contributed by atoms with Crippen molar-refractivity contribution in [3.63, 3.8) is 0 Å². The van der Waals surface area contributed by atoms with Gasteiger partial charge in [-0.05, 0) is 44.2 Å². The van der Waals surface area contributed by atoms with E-state index in [4.69, 9.17) is 9.26 Å². The highest BCUT2D eigenvalue weighted by Crippen LogP contribution is 2.27. The van der Waals surface area contributed by atoms with Crippen molar-refractivity contribution in [1.29, 1.82) is 0 Å². The van der Waals surface area contributed by atoms with Crippen LogP contribution in [0.25, 0.3) is 22.4 Å². The van der Waals surface area contributed by atoms with Crippen LogP contribution in [0.5, 0.6) is 0 Å². The molecule has 1 aromatic carbocycles. The Hall–Kier alpha value is -2.80. The quantitative estimate of drug-likeness (QED) is 0.770. The van der Waals surface area contributed by atoms with Crippen LogP contribution in [0.4, 0.5) is 4.39 Å². The molecule has 1 N–H and O–H groups in total. The first-order valence-electron chi connectivity index (χ1n) is 7.82. The number of amides is 1. The number of ether oxygens (including phenoxy) is 1. The van der Waals surface area contributed by atoms with Crippen LogP contribution in [0.2, 0.25) is 0 Å². The number of carbonyl (C=O) groups is 1. The fourth-order valence-electron chi connectivity index (χ4n) is 2.64. The lowest BCUT2D eigenvalue weighted by atomic mass is 10.0. The van der Waals surface area contributed by atoms with E-state index in [2.05, 4.69) is 15.5 Å². The number of carbonyl (C=O) groups excluding carboxylic acids is 1. The van der Waals surface area contributed by atoms with Gasteiger partial charge in [-0.25, -0.2) is 9.37 Å². The van der Waals surface area contributed by atoms with Crippen molar-refractivity contribution in [2.45, 2.75) is 19.9 Å². The van der Waals surface area contributed by atoms with Crippen LogP contribution in [0.3, 0.4) is 0 Å². The van der Waals surface area contributed by atoms with E-state index in [1.807, 2.05) is 6.92 Å². The highest BCUT2D eigenvalue weighted by Gasteiger charge is 2.20. The molecule has 0 fully saturated rings. The molecule has 6 nitrogen and oxygen atoms in total. The lowest BCUT2D eigenvalue weighted by molar-refractivity contribution is 0.0907. The van der Waals surface area contributed by atoms with E-state index in [-0.39, 0.29) is 23.5 Å². The fourth-order valence-corrected chi connectivity index (χ4v) is 2.64. The smallest absolute Gasteiger partial charge is 0.259 e. The normalized spacial score (nSPS) is 12.3. The number of pyridine rings is 1. The van der Waals surface area contributed by atoms with Crippen molar-refractivity contribution in [2.24, 2.45) is 0 Å². The third kappa shape index (κ3) is 3.51. The van der Waals surface area contributed by atoms with E-state index in [1.54, 1.807) is 32.2 Å². The average molecular weight is 343 g/mol. The number of aryl methyl sites for hydroxylation is 1. The van der Waals surface area contributed by atoms with Crippen molar-refractivity contribution < 1.29 is 18.4 Å². The number of halogens is 1. The Labute approximate surface area is 144 Å². The first-order valence-corrected chi connectivity index (χ1v) is 7.82. The van der Waals surface area contributed by atoms with E-state index in [9.17, 15) is 9.18 Å². The van der Waals surface area contributed by atoms with Gasteiger partial charge in [-0.3, -0.25) is 4.79 Å². The largest absolute Gasteiger partial charge is 0.383 e. The number of hydrogen-bond donors (Lipinski definition) is 1. The lowest BCUT2D eigenvalue weighted by Crippen LogP contribution is -2.35. The summed E-state index contributed by atoms with van der Waals surface area (Å²) in [5.74, 6) is -0.613. The molecule has 0 spiro atoms. The Balaban J connectivity index is 2.07. The summed E-state index contributed by atoms with van der Waals surface area (Å²) in [5, 5.41) is 7.34. The summed E-state index contributed by atoms with van der Waals surface area (Å²) in [6, 6.07) is 7.38. The molecular formula is C18H18FN3O3. The van der Waals surface area contributed by atoms with Crippen molar-refractivity contribution in [1.82, 2.24) is 15.5 Å². The Kier molecular flexibility index (Phi) is 4.76. The number of hydrogen-bond acceptors (Lipinski definition) is 5. The van der Waals surface area contributed by atoms with E-state index in [0.717, 1.165) is 0 Å². The van der Waals surface area contributed by atoms with Crippen LogP contribution in [-0.4, -0.2) is 35.8 Å². The molecule has 1 amide bonds. The third-order valence-corrected chi connectivity index (χ3v) is 3.80. The van der Waals surface area contributed by atoms with Crippen molar-refractivity contribution in [3.05, 3.63) is 47.4 Å². The van der Waals surface area contributed by atoms with Crippen LogP contribution in [0, 0.1) is 12.7 Å². The minimum atomic E-state index is -0.341. The summed E-state index contributed by atoms with van der Waals surface area (Å²) in [5.41, 5.74) is 2.44. The summed E-state index contributed by atoms with van der Waals surface area (Å²) in [4.78, 5) is 17.1. The van der Waals surface area contributed by atoms with Gasteiger partial charge in [-0.2, -0.15) is 0 Å². The van der Waals surface area contributed by atoms with Crippen molar-refractivity contribution >= 4 is 17.0 Å². The molecule has 2 heterocycles. The first kappa shape index (κ1) is 17.0. The standard InChI is InChI=1S/C18H18FN3O3/c1-10(9-24-3)20-17(23)14-8-15(12-4-6-13(19)7-5-12)21-18-16(14)11(2)22-25-18/h4-8,10H,9H2,1-3H3,(H,20,23)/t10-/m1/s1. The number of methoxy groups -OCH3 is 1. The predicted molar refractivity (Wildman–Crippen MR) is 90.7 cm³/mol. The molecule has 2 aromatic heterocycles. The zero-order valence-electron chi connectivity index (χ0n) is 14.2. The fraction of sp³-hybridized carbons (Fsp3) is 0.278. The number of fused-ring (bicyclic) bond motifs is 1. The lowest BCUT2D eigenvalue weighted by Gasteiger charge is -2.13. The SMILES string of the molecule is COC[C@@H](C)NC(=O)c1cc(-c2ccc(F)cc2)nc2onc(C)c12. The minimum Gasteiger partial charge on any atom is -0.383 e. The second-order valence-electron chi connectivity index (χ2n) is 5.84. The molecule has 0 saturated carbocycles. The maximum Gasteiger partial charge on any atom is 0.259 e. The van der Waals surface area contributed by atoms with Gasteiger partial charge < -0.3 is 14.6 Å². The number of rotatable bonds is 5. The Morgan fingerprint density at radius 2 is 2.08 bits per heavy atom. The summed E-state index contributed by atoms with van der Waals surface area (Å²) in [6.07, 6.45) is 0. The molecule has 0 aliphatic carbocycles. The molecule has 0 bridgehead atoms. The van der Waals surface area contributed by atoms with Gasteiger partial charge in [-0.15, -0.1) is 0 Å². The number of benzene rings is 1. The molecule has 0 radical (unpaired) electrons. The first-order chi connectivity index (χ1) is 12.0. The summed E-state index contributed by atoms with van der Waals surface area (Å²) in [6.45, 7) is 4.00. The molecule has 0 saturated heterocycles. The maximum absolute atomic E-state index is 13.2. The highest BCUT2D eigenvalue weighted by atomic mass is 19.1. The molecule has 3 rings (SSSR count). The molecule has 130 valence electrons. The van der Waals surface area contributed by atoms with E-state index in [1.165, 1.54) is 12.1 Å². The van der Waals surface area contributed by atoms with Crippen molar-refractivity contribution in [2.75, 3.05) is 13.7 Å². The van der Waals surface area contributed by atoms with E-state index >= 15 is 0 Å². The number of nitrogens with zero attached hydrogens (tertiary/aromatic N) is 2. The zero-order chi connectivity index (χ0) is 18.0. The van der Waals surface area contributed by atoms with E-state index in [0.29, 0.717) is 34.5 Å². The Morgan fingerprint density at radius 1 is 1.36 bits per heavy atom. The second kappa shape index (κ2) is 6.98. The van der Waals surface area contributed by atoms with Gasteiger partial charge in [-0.1, -0.05) is 5.16 Å². The predicted octanol–water partition coefficient (Wildman–Crippen LogP) is 3.10. The monoisotopic (exact) mass is 343 g/mol. The van der Waals surface area contributed by atoms with Crippen LogP contribution in [-0.2, 0) is 4.74 Å². The summed E-state index contributed by atoms with van der Waals surface area (Å²) >= 11 is 0. The Bertz CT molecular complexity index is 906. The minimum absolute atomic E-state index is 0.157. The zero-order valence-corrected chi connectivity index (χ0v) is 14.2. The van der Waals surface area contributed by atoms with Gasteiger partial charge >= 0.3 is 0 Å². The third-order valence-electron chi connectivity index (χ3n) is 3.80. The Morgan fingerprint density at radius 3 is 2.76 bits per heavy atom. The van der Waals surface area contributed by atoms with Crippen LogP contribution >= 0.6 is 0 Å². The van der Waals surface area contributed by atoms with Gasteiger partial charge in [0.15, 0.2) is 0 Å². The van der Waals surface area contributed by atoms with Crippen molar-refractivity contribution in [3.8, 4) is 11.3 Å². The van der Waals surface area contributed by atoms with Crippen LogP contribution < -0.4 is 5.32 Å². The van der Waals surface area contributed by atoms with Gasteiger partial charge in [0.2, 0.25) is 0 Å². The molecular weight excluding hydrogens is 325 g/mol. The molecule has 7 heteroatoms. The number of nitrogens with one attached hydrogen (secondary N) is 1. The molecule has 1 atom stereocenters. The highest BCUT2D eigenvalue weighted by molar-refractivity contribution is 6.07. The second-order valence-corrected chi connectivity index (χ2v) is 5.84. The van der Waals surface area contributed by atoms with Crippen LogP contribution in [0.1, 0.15) is 23.0 Å². The average Bonchev–Trinajstić information content (AvgIpc) is 2.96. The maximum atomic E-state index is 13.2. The molecule has 3 aromatic rings. The molecule has 0 aliphatic heterocycles. The van der Waals surface area contributed by atoms with Gasteiger partial charge in [0, 0.05) is 18.7 Å².